The van der Waals surface area contributed by atoms with Gasteiger partial charge in [0, 0.05) is 32.2 Å². The Morgan fingerprint density at radius 2 is 1.77 bits per heavy atom. The van der Waals surface area contributed by atoms with Crippen LogP contribution in [0.3, 0.4) is 0 Å². The molecule has 1 saturated heterocycles. The summed E-state index contributed by atoms with van der Waals surface area (Å²) in [6, 6.07) is 0.357. The van der Waals surface area contributed by atoms with E-state index >= 15 is 0 Å². The van der Waals surface area contributed by atoms with Gasteiger partial charge in [-0.2, -0.15) is 0 Å². The Labute approximate surface area is 160 Å². The van der Waals surface area contributed by atoms with Gasteiger partial charge in [-0.05, 0) is 32.6 Å². The lowest BCUT2D eigenvalue weighted by atomic mass is 9.96. The molecule has 2 aliphatic rings. The molecular formula is C19H30N4O2S. The molecule has 0 unspecified atom stereocenters. The van der Waals surface area contributed by atoms with Gasteiger partial charge in [-0.1, -0.05) is 26.2 Å². The van der Waals surface area contributed by atoms with Crippen LogP contribution >= 0.6 is 11.3 Å². The predicted molar refractivity (Wildman–Crippen MR) is 104 cm³/mol. The minimum absolute atomic E-state index is 0.0307. The van der Waals surface area contributed by atoms with Crippen LogP contribution in [0.5, 0.6) is 0 Å². The standard InChI is InChI=1S/C19H30N4O2S/c1-3-7-16-20-14(2)17(26-16)18(24)22-10-12-23(13-11-22)19(25)21-15-8-5-4-6-9-15/h15H,3-13H2,1-2H3,(H,21,25). The molecule has 2 heterocycles. The SMILES string of the molecule is CCCc1nc(C)c(C(=O)N2CCN(C(=O)NC3CCCCC3)CC2)s1. The van der Waals surface area contributed by atoms with Crippen LogP contribution in [0, 0.1) is 6.92 Å². The zero-order valence-electron chi connectivity index (χ0n) is 15.9. The maximum atomic E-state index is 12.8. The van der Waals surface area contributed by atoms with E-state index in [0.717, 1.165) is 41.3 Å². The van der Waals surface area contributed by atoms with Crippen molar-refractivity contribution in [1.82, 2.24) is 20.1 Å². The van der Waals surface area contributed by atoms with E-state index < -0.39 is 0 Å². The number of nitrogens with zero attached hydrogens (tertiary/aromatic N) is 3. The minimum atomic E-state index is 0.0307. The minimum Gasteiger partial charge on any atom is -0.335 e. The first-order valence-corrected chi connectivity index (χ1v) is 10.7. The molecule has 2 fully saturated rings. The first-order chi connectivity index (χ1) is 12.6. The van der Waals surface area contributed by atoms with Crippen molar-refractivity contribution >= 4 is 23.3 Å². The van der Waals surface area contributed by atoms with Crippen molar-refractivity contribution in [3.05, 3.63) is 15.6 Å². The first kappa shape index (κ1) is 19.1. The Morgan fingerprint density at radius 3 is 2.42 bits per heavy atom. The highest BCUT2D eigenvalue weighted by Crippen LogP contribution is 2.22. The van der Waals surface area contributed by atoms with Crippen LogP contribution in [0.25, 0.3) is 0 Å². The van der Waals surface area contributed by atoms with Crippen molar-refractivity contribution in [3.8, 4) is 0 Å². The van der Waals surface area contributed by atoms with Crippen LogP contribution in [-0.2, 0) is 6.42 Å². The Balaban J connectivity index is 1.51. The van der Waals surface area contributed by atoms with Crippen molar-refractivity contribution in [3.63, 3.8) is 0 Å². The molecule has 1 N–H and O–H groups in total. The van der Waals surface area contributed by atoms with E-state index in [1.807, 2.05) is 16.7 Å². The summed E-state index contributed by atoms with van der Waals surface area (Å²) >= 11 is 1.52. The molecule has 0 radical (unpaired) electrons. The van der Waals surface area contributed by atoms with E-state index in [4.69, 9.17) is 0 Å². The molecule has 1 aromatic rings. The molecule has 1 saturated carbocycles. The smallest absolute Gasteiger partial charge is 0.317 e. The molecule has 1 aromatic heterocycles. The molecule has 3 rings (SSSR count). The average Bonchev–Trinajstić information content (AvgIpc) is 3.02. The lowest BCUT2D eigenvalue weighted by molar-refractivity contribution is 0.0666. The number of thiazole rings is 1. The number of hydrogen-bond donors (Lipinski definition) is 1. The van der Waals surface area contributed by atoms with Crippen molar-refractivity contribution < 1.29 is 9.59 Å². The highest BCUT2D eigenvalue weighted by Gasteiger charge is 2.28. The predicted octanol–water partition coefficient (Wildman–Crippen LogP) is 3.20. The van der Waals surface area contributed by atoms with Gasteiger partial charge in [0.1, 0.15) is 4.88 Å². The summed E-state index contributed by atoms with van der Waals surface area (Å²) < 4.78 is 0. The number of amides is 3. The summed E-state index contributed by atoms with van der Waals surface area (Å²) in [5.41, 5.74) is 0.834. The molecule has 26 heavy (non-hydrogen) atoms. The van der Waals surface area contributed by atoms with E-state index in [9.17, 15) is 9.59 Å². The Morgan fingerprint density at radius 1 is 1.12 bits per heavy atom. The molecule has 1 aliphatic heterocycles. The zero-order valence-corrected chi connectivity index (χ0v) is 16.7. The topological polar surface area (TPSA) is 65.5 Å². The summed E-state index contributed by atoms with van der Waals surface area (Å²) in [5, 5.41) is 4.21. The number of aromatic nitrogens is 1. The molecule has 0 atom stereocenters. The second-order valence-corrected chi connectivity index (χ2v) is 8.42. The van der Waals surface area contributed by atoms with E-state index in [1.165, 1.54) is 30.6 Å². The first-order valence-electron chi connectivity index (χ1n) is 9.89. The molecular weight excluding hydrogens is 348 g/mol. The van der Waals surface area contributed by atoms with Crippen LogP contribution in [-0.4, -0.2) is 58.9 Å². The highest BCUT2D eigenvalue weighted by atomic mass is 32.1. The number of hydrogen-bond acceptors (Lipinski definition) is 4. The third-order valence-electron chi connectivity index (χ3n) is 5.29. The summed E-state index contributed by atoms with van der Waals surface area (Å²) in [7, 11) is 0. The number of nitrogens with one attached hydrogen (secondary N) is 1. The highest BCUT2D eigenvalue weighted by molar-refractivity contribution is 7.13. The van der Waals surface area contributed by atoms with Crippen molar-refractivity contribution in [2.24, 2.45) is 0 Å². The second kappa shape index (κ2) is 8.84. The van der Waals surface area contributed by atoms with Gasteiger partial charge in [0.2, 0.25) is 0 Å². The van der Waals surface area contributed by atoms with Crippen LogP contribution in [0.1, 0.15) is 65.8 Å². The third kappa shape index (κ3) is 4.55. The van der Waals surface area contributed by atoms with Crippen molar-refractivity contribution in [2.45, 2.75) is 64.8 Å². The van der Waals surface area contributed by atoms with Crippen molar-refractivity contribution in [1.29, 1.82) is 0 Å². The van der Waals surface area contributed by atoms with Gasteiger partial charge in [0.15, 0.2) is 0 Å². The molecule has 7 heteroatoms. The monoisotopic (exact) mass is 378 g/mol. The number of carbonyl (C=O) groups is 2. The number of piperazine rings is 1. The largest absolute Gasteiger partial charge is 0.335 e. The quantitative estimate of drug-likeness (QED) is 0.875. The fourth-order valence-corrected chi connectivity index (χ4v) is 4.87. The molecule has 3 amide bonds. The fourth-order valence-electron chi connectivity index (χ4n) is 3.74. The number of rotatable bonds is 4. The molecule has 144 valence electrons. The van der Waals surface area contributed by atoms with E-state index in [0.29, 0.717) is 32.2 Å². The summed E-state index contributed by atoms with van der Waals surface area (Å²) in [6.07, 6.45) is 7.85. The summed E-state index contributed by atoms with van der Waals surface area (Å²) in [6.45, 7) is 6.43. The van der Waals surface area contributed by atoms with Gasteiger partial charge in [0.25, 0.3) is 5.91 Å². The lowest BCUT2D eigenvalue weighted by Crippen LogP contribution is -2.54. The zero-order chi connectivity index (χ0) is 18.5. The van der Waals surface area contributed by atoms with E-state index in [1.54, 1.807) is 0 Å². The maximum Gasteiger partial charge on any atom is 0.317 e. The number of urea groups is 1. The van der Waals surface area contributed by atoms with Crippen LogP contribution in [0.15, 0.2) is 0 Å². The van der Waals surface area contributed by atoms with Gasteiger partial charge in [0.05, 0.1) is 10.7 Å². The van der Waals surface area contributed by atoms with Crippen molar-refractivity contribution in [2.75, 3.05) is 26.2 Å². The average molecular weight is 379 g/mol. The molecule has 0 spiro atoms. The Kier molecular flexibility index (Phi) is 6.51. The van der Waals surface area contributed by atoms with E-state index in [2.05, 4.69) is 17.2 Å². The lowest BCUT2D eigenvalue weighted by Gasteiger charge is -2.35. The molecule has 1 aliphatic carbocycles. The summed E-state index contributed by atoms with van der Waals surface area (Å²) in [4.78, 5) is 34.2. The molecule has 0 bridgehead atoms. The second-order valence-electron chi connectivity index (χ2n) is 7.34. The normalized spacial score (nSPS) is 18.8. The van der Waals surface area contributed by atoms with Gasteiger partial charge >= 0.3 is 6.03 Å². The number of aryl methyl sites for hydroxylation is 2. The fraction of sp³-hybridized carbons (Fsp3) is 0.737. The van der Waals surface area contributed by atoms with Gasteiger partial charge in [-0.3, -0.25) is 4.79 Å². The van der Waals surface area contributed by atoms with E-state index in [-0.39, 0.29) is 11.9 Å². The molecule has 0 aromatic carbocycles. The van der Waals surface area contributed by atoms with Crippen LogP contribution in [0.4, 0.5) is 4.79 Å². The van der Waals surface area contributed by atoms with Gasteiger partial charge < -0.3 is 15.1 Å². The third-order valence-corrected chi connectivity index (χ3v) is 6.49. The molecule has 6 nitrogen and oxygen atoms in total. The number of carbonyl (C=O) groups excluding carboxylic acids is 2. The Hall–Kier alpha value is -1.63. The summed E-state index contributed by atoms with van der Waals surface area (Å²) in [5.74, 6) is 0.0645. The van der Waals surface area contributed by atoms with Crippen LogP contribution in [0.2, 0.25) is 0 Å². The van der Waals surface area contributed by atoms with Gasteiger partial charge in [-0.25, -0.2) is 9.78 Å². The Bertz CT molecular complexity index is 631. The van der Waals surface area contributed by atoms with Gasteiger partial charge in [-0.15, -0.1) is 11.3 Å². The maximum absolute atomic E-state index is 12.8. The van der Waals surface area contributed by atoms with Crippen LogP contribution < -0.4 is 5.32 Å².